The van der Waals surface area contributed by atoms with Gasteiger partial charge in [-0.3, -0.25) is 9.48 Å². The zero-order valence-corrected chi connectivity index (χ0v) is 19.6. The van der Waals surface area contributed by atoms with Crippen LogP contribution in [0.25, 0.3) is 33.2 Å². The van der Waals surface area contributed by atoms with Crippen molar-refractivity contribution in [2.75, 3.05) is 5.32 Å². The van der Waals surface area contributed by atoms with E-state index in [9.17, 15) is 18.6 Å². The van der Waals surface area contributed by atoms with E-state index in [1.54, 1.807) is 35.9 Å². The molecule has 0 aliphatic carbocycles. The van der Waals surface area contributed by atoms with Gasteiger partial charge in [-0.2, -0.15) is 8.98 Å². The summed E-state index contributed by atoms with van der Waals surface area (Å²) in [6.07, 6.45) is 1.88. The third kappa shape index (κ3) is 4.26. The molecule has 0 fully saturated rings. The number of aryl methyl sites for hydroxylation is 1. The van der Waals surface area contributed by atoms with Crippen LogP contribution in [-0.4, -0.2) is 20.9 Å². The van der Waals surface area contributed by atoms with Crippen LogP contribution in [0, 0.1) is 0 Å². The van der Waals surface area contributed by atoms with E-state index in [2.05, 4.69) is 10.4 Å². The van der Waals surface area contributed by atoms with Crippen molar-refractivity contribution in [3.63, 3.8) is 0 Å². The van der Waals surface area contributed by atoms with E-state index >= 15 is 0 Å². The fraction of sp³-hybridized carbons (Fsp3) is 0.115. The number of benzene rings is 3. The summed E-state index contributed by atoms with van der Waals surface area (Å²) in [4.78, 5) is 25.0. The Bertz CT molecular complexity index is 1660. The highest BCUT2D eigenvalue weighted by atomic mass is 32.2. The van der Waals surface area contributed by atoms with Gasteiger partial charge in [0, 0.05) is 46.4 Å². The van der Waals surface area contributed by atoms with E-state index in [4.69, 9.17) is 4.42 Å². The Kier molecular flexibility index (Phi) is 5.78. The van der Waals surface area contributed by atoms with Crippen molar-refractivity contribution in [1.29, 1.82) is 0 Å². The van der Waals surface area contributed by atoms with Crippen LogP contribution in [0.1, 0.15) is 28.9 Å². The van der Waals surface area contributed by atoms with E-state index in [-0.39, 0.29) is 33.4 Å². The van der Waals surface area contributed by atoms with Gasteiger partial charge in [0.15, 0.2) is 5.43 Å². The van der Waals surface area contributed by atoms with E-state index < -0.39 is 12.0 Å². The molecule has 2 heterocycles. The molecule has 0 spiro atoms. The maximum Gasteiger partial charge on any atom is 0.337 e. The summed E-state index contributed by atoms with van der Waals surface area (Å²) in [5, 5.41) is 18.2. The molecule has 9 heteroatoms. The zero-order valence-electron chi connectivity index (χ0n) is 18.8. The first-order valence-corrected chi connectivity index (χ1v) is 11.5. The molecule has 0 aliphatic rings. The van der Waals surface area contributed by atoms with Crippen molar-refractivity contribution in [2.45, 2.75) is 17.9 Å². The standard InChI is InChI=1S/C26H20FN3O4S/c1-14(28-22-6-4-3-5-18(22)26(32)33)19-10-17(35-27)11-20-23(31)12-24(34-25(19)20)15-7-8-21-16(9-15)13-30(2)29-21/h3-14,28H,1-2H3,(H,32,33). The van der Waals surface area contributed by atoms with Crippen LogP contribution in [0.5, 0.6) is 0 Å². The Morgan fingerprint density at radius 1 is 1.17 bits per heavy atom. The van der Waals surface area contributed by atoms with Crippen molar-refractivity contribution in [3.05, 3.63) is 88.2 Å². The third-order valence-corrected chi connectivity index (χ3v) is 6.23. The average molecular weight is 490 g/mol. The number of para-hydroxylation sites is 1. The Morgan fingerprint density at radius 2 is 1.97 bits per heavy atom. The van der Waals surface area contributed by atoms with E-state index in [0.29, 0.717) is 28.2 Å². The highest BCUT2D eigenvalue weighted by Gasteiger charge is 2.19. The molecule has 35 heavy (non-hydrogen) atoms. The van der Waals surface area contributed by atoms with Crippen LogP contribution in [0.3, 0.4) is 0 Å². The summed E-state index contributed by atoms with van der Waals surface area (Å²) in [6.45, 7) is 1.80. The number of aromatic nitrogens is 2. The number of nitrogens with zero attached hydrogens (tertiary/aromatic N) is 2. The molecule has 1 unspecified atom stereocenters. The molecule has 176 valence electrons. The van der Waals surface area contributed by atoms with Crippen molar-refractivity contribution in [1.82, 2.24) is 9.78 Å². The number of halogens is 1. The molecule has 0 bridgehead atoms. The smallest absolute Gasteiger partial charge is 0.337 e. The lowest BCUT2D eigenvalue weighted by atomic mass is 10.0. The maximum atomic E-state index is 13.6. The second kappa shape index (κ2) is 8.92. The lowest BCUT2D eigenvalue weighted by molar-refractivity contribution is 0.0698. The predicted molar refractivity (Wildman–Crippen MR) is 135 cm³/mol. The number of carboxylic acids is 1. The molecule has 2 aromatic heterocycles. The number of fused-ring (bicyclic) bond motifs is 2. The Morgan fingerprint density at radius 3 is 2.74 bits per heavy atom. The number of rotatable bonds is 6. The predicted octanol–water partition coefficient (Wildman–Crippen LogP) is 6.19. The molecule has 0 aliphatic heterocycles. The fourth-order valence-corrected chi connectivity index (χ4v) is 4.51. The summed E-state index contributed by atoms with van der Waals surface area (Å²) >= 11 is 0.0309. The molecule has 0 saturated heterocycles. The monoisotopic (exact) mass is 489 g/mol. The van der Waals surface area contributed by atoms with Crippen LogP contribution in [0.2, 0.25) is 0 Å². The Balaban J connectivity index is 1.65. The van der Waals surface area contributed by atoms with Gasteiger partial charge >= 0.3 is 5.97 Å². The van der Waals surface area contributed by atoms with Crippen molar-refractivity contribution in [2.24, 2.45) is 7.05 Å². The maximum absolute atomic E-state index is 13.6. The van der Waals surface area contributed by atoms with E-state index in [1.165, 1.54) is 18.2 Å². The van der Waals surface area contributed by atoms with Gasteiger partial charge in [-0.1, -0.05) is 12.1 Å². The summed E-state index contributed by atoms with van der Waals surface area (Å²) in [5.74, 6) is -0.703. The fourth-order valence-electron chi connectivity index (χ4n) is 4.17. The molecule has 5 aromatic rings. The average Bonchev–Trinajstić information content (AvgIpc) is 3.22. The molecule has 5 rings (SSSR count). The normalized spacial score (nSPS) is 12.2. The quantitative estimate of drug-likeness (QED) is 0.293. The summed E-state index contributed by atoms with van der Waals surface area (Å²) in [5.41, 5.74) is 2.57. The molecule has 7 nitrogen and oxygen atoms in total. The number of carboxylic acid groups (broad SMARTS) is 1. The zero-order chi connectivity index (χ0) is 24.7. The second-order valence-corrected chi connectivity index (χ2v) is 8.86. The Labute approximate surface area is 203 Å². The first kappa shape index (κ1) is 22.7. The summed E-state index contributed by atoms with van der Waals surface area (Å²) < 4.78 is 21.5. The molecule has 3 aromatic carbocycles. The van der Waals surface area contributed by atoms with Crippen molar-refractivity contribution >= 4 is 45.7 Å². The minimum absolute atomic E-state index is 0.0309. The van der Waals surface area contributed by atoms with Gasteiger partial charge in [0.25, 0.3) is 0 Å². The number of aromatic carboxylic acids is 1. The highest BCUT2D eigenvalue weighted by Crippen LogP contribution is 2.34. The number of hydrogen-bond acceptors (Lipinski definition) is 6. The minimum Gasteiger partial charge on any atom is -0.478 e. The van der Waals surface area contributed by atoms with Gasteiger partial charge in [-0.15, -0.1) is 0 Å². The highest BCUT2D eigenvalue weighted by molar-refractivity contribution is 7.94. The number of anilines is 1. The van der Waals surface area contributed by atoms with E-state index in [0.717, 1.165) is 10.9 Å². The van der Waals surface area contributed by atoms with Crippen LogP contribution in [0.4, 0.5) is 9.57 Å². The SMILES string of the molecule is CC(Nc1ccccc1C(=O)O)c1cc(SF)cc2c(=O)cc(-c3ccc4nn(C)cc4c3)oc12. The molecular weight excluding hydrogens is 469 g/mol. The van der Waals surface area contributed by atoms with Crippen LogP contribution in [-0.2, 0) is 7.05 Å². The molecule has 1 atom stereocenters. The molecule has 0 amide bonds. The number of nitrogens with one attached hydrogen (secondary N) is 1. The lowest BCUT2D eigenvalue weighted by Crippen LogP contribution is -2.12. The molecule has 0 radical (unpaired) electrons. The second-order valence-electron chi connectivity index (χ2n) is 8.23. The van der Waals surface area contributed by atoms with Crippen LogP contribution < -0.4 is 10.7 Å². The van der Waals surface area contributed by atoms with Crippen LogP contribution in [0.15, 0.2) is 81.0 Å². The number of carbonyl (C=O) groups is 1. The van der Waals surface area contributed by atoms with Crippen molar-refractivity contribution in [3.8, 4) is 11.3 Å². The molecule has 0 saturated carbocycles. The first-order chi connectivity index (χ1) is 16.8. The van der Waals surface area contributed by atoms with Crippen molar-refractivity contribution < 1.29 is 18.2 Å². The number of hydrogen-bond donors (Lipinski definition) is 2. The van der Waals surface area contributed by atoms with Crippen LogP contribution >= 0.6 is 12.1 Å². The summed E-state index contributed by atoms with van der Waals surface area (Å²) in [7, 11) is 1.83. The van der Waals surface area contributed by atoms with Gasteiger partial charge in [0.1, 0.15) is 11.3 Å². The lowest BCUT2D eigenvalue weighted by Gasteiger charge is -2.19. The molecular formula is C26H20FN3O4S. The van der Waals surface area contributed by atoms with Gasteiger partial charge in [-0.25, -0.2) is 4.79 Å². The van der Waals surface area contributed by atoms with Gasteiger partial charge in [-0.05, 0) is 49.4 Å². The third-order valence-electron chi connectivity index (χ3n) is 5.82. The van der Waals surface area contributed by atoms with Gasteiger partial charge in [0.05, 0.1) is 34.7 Å². The first-order valence-electron chi connectivity index (χ1n) is 10.8. The van der Waals surface area contributed by atoms with E-state index in [1.807, 2.05) is 31.4 Å². The topological polar surface area (TPSA) is 97.4 Å². The van der Waals surface area contributed by atoms with Gasteiger partial charge < -0.3 is 14.8 Å². The van der Waals surface area contributed by atoms with Gasteiger partial charge in [0.2, 0.25) is 0 Å². The molecule has 2 N–H and O–H groups in total. The largest absolute Gasteiger partial charge is 0.478 e. The Hall–Kier alpha value is -4.11. The summed E-state index contributed by atoms with van der Waals surface area (Å²) in [6, 6.07) is 16.0. The minimum atomic E-state index is -1.07.